The van der Waals surface area contributed by atoms with Crippen molar-refractivity contribution >= 4 is 23.8 Å². The van der Waals surface area contributed by atoms with Gasteiger partial charge in [0.05, 0.1) is 19.0 Å². The molecule has 11 nitrogen and oxygen atoms in total. The standard InChI is InChI=1S/C17H22F3N5O6/c1-16(2,3)30-15(29)25(8-9-4-5-21-13(9)27)23-12(26)7-22-14(28)10-6-11(31-24-10)17(18,19)20/h6,9H,4-5,7-8H2,1-3H3,(H,21,27)(H,22,28)(H,23,26)/t9-/m0/s1. The lowest BCUT2D eigenvalue weighted by Gasteiger charge is -2.28. The lowest BCUT2D eigenvalue weighted by atomic mass is 10.1. The van der Waals surface area contributed by atoms with E-state index in [0.717, 1.165) is 5.01 Å². The molecule has 1 fully saturated rings. The number of hydrogen-bond donors (Lipinski definition) is 3. The number of nitrogens with zero attached hydrogens (tertiary/aromatic N) is 2. The van der Waals surface area contributed by atoms with Crippen molar-refractivity contribution in [2.24, 2.45) is 5.92 Å². The maximum absolute atomic E-state index is 12.5. The molecule has 0 unspecified atom stereocenters. The monoisotopic (exact) mass is 449 g/mol. The zero-order valence-electron chi connectivity index (χ0n) is 17.0. The van der Waals surface area contributed by atoms with Crippen LogP contribution in [-0.2, 0) is 20.5 Å². The summed E-state index contributed by atoms with van der Waals surface area (Å²) in [5.41, 5.74) is 0.670. The van der Waals surface area contributed by atoms with Crippen LogP contribution in [0.25, 0.3) is 0 Å². The molecule has 0 bridgehead atoms. The lowest BCUT2D eigenvalue weighted by Crippen LogP contribution is -2.53. The minimum Gasteiger partial charge on any atom is -0.442 e. The van der Waals surface area contributed by atoms with Crippen LogP contribution in [0, 0.1) is 5.92 Å². The summed E-state index contributed by atoms with van der Waals surface area (Å²) in [5.74, 6) is -4.29. The Bertz CT molecular complexity index is 848. The molecule has 1 saturated heterocycles. The highest BCUT2D eigenvalue weighted by atomic mass is 19.4. The molecule has 14 heteroatoms. The number of aromatic nitrogens is 1. The Kier molecular flexibility index (Phi) is 7.13. The number of amides is 4. The number of carbonyl (C=O) groups is 4. The summed E-state index contributed by atoms with van der Waals surface area (Å²) in [4.78, 5) is 48.2. The van der Waals surface area contributed by atoms with E-state index in [1.807, 2.05) is 0 Å². The first kappa shape index (κ1) is 24.0. The molecule has 1 aliphatic rings. The highest BCUT2D eigenvalue weighted by molar-refractivity contribution is 5.95. The van der Waals surface area contributed by atoms with Gasteiger partial charge in [0.15, 0.2) is 5.69 Å². The first-order chi connectivity index (χ1) is 14.3. The summed E-state index contributed by atoms with van der Waals surface area (Å²) >= 11 is 0. The van der Waals surface area contributed by atoms with Gasteiger partial charge in [0.1, 0.15) is 5.60 Å². The first-order valence-electron chi connectivity index (χ1n) is 9.16. The molecule has 172 valence electrons. The molecule has 31 heavy (non-hydrogen) atoms. The molecule has 1 aromatic heterocycles. The third kappa shape index (κ3) is 7.15. The van der Waals surface area contributed by atoms with Crippen LogP contribution in [0.1, 0.15) is 43.4 Å². The highest BCUT2D eigenvalue weighted by Crippen LogP contribution is 2.29. The minimum absolute atomic E-state index is 0.168. The van der Waals surface area contributed by atoms with E-state index >= 15 is 0 Å². The van der Waals surface area contributed by atoms with E-state index in [0.29, 0.717) is 19.0 Å². The third-order valence-corrected chi connectivity index (χ3v) is 3.87. The fourth-order valence-corrected chi connectivity index (χ4v) is 2.48. The Labute approximate surface area is 174 Å². The van der Waals surface area contributed by atoms with Crippen LogP contribution in [-0.4, -0.2) is 59.2 Å². The van der Waals surface area contributed by atoms with Gasteiger partial charge in [0.25, 0.3) is 11.8 Å². The topological polar surface area (TPSA) is 143 Å². The van der Waals surface area contributed by atoms with Crippen LogP contribution >= 0.6 is 0 Å². The van der Waals surface area contributed by atoms with Gasteiger partial charge in [-0.25, -0.2) is 9.80 Å². The lowest BCUT2D eigenvalue weighted by molar-refractivity contribution is -0.155. The number of hydrogen-bond acceptors (Lipinski definition) is 7. The van der Waals surface area contributed by atoms with E-state index < -0.39 is 53.6 Å². The van der Waals surface area contributed by atoms with Gasteiger partial charge in [0, 0.05) is 12.6 Å². The molecule has 2 heterocycles. The largest absolute Gasteiger partial charge is 0.452 e. The molecule has 1 atom stereocenters. The molecule has 4 amide bonds. The average molecular weight is 449 g/mol. The fraction of sp³-hybridized carbons (Fsp3) is 0.588. The second kappa shape index (κ2) is 9.22. The van der Waals surface area contributed by atoms with Gasteiger partial charge in [-0.05, 0) is 27.2 Å². The second-order valence-corrected chi connectivity index (χ2v) is 7.66. The van der Waals surface area contributed by atoms with Crippen molar-refractivity contribution in [2.45, 2.75) is 39.0 Å². The van der Waals surface area contributed by atoms with Crippen LogP contribution in [0.3, 0.4) is 0 Å². The van der Waals surface area contributed by atoms with Gasteiger partial charge in [0.2, 0.25) is 11.7 Å². The average Bonchev–Trinajstić information content (AvgIpc) is 3.27. The van der Waals surface area contributed by atoms with Gasteiger partial charge in [-0.15, -0.1) is 0 Å². The van der Waals surface area contributed by atoms with Gasteiger partial charge in [-0.3, -0.25) is 19.8 Å². The van der Waals surface area contributed by atoms with Crippen molar-refractivity contribution in [1.82, 2.24) is 26.2 Å². The first-order valence-corrected chi connectivity index (χ1v) is 9.16. The summed E-state index contributed by atoms with van der Waals surface area (Å²) in [6.45, 7) is 4.40. The summed E-state index contributed by atoms with van der Waals surface area (Å²) in [5, 5.41) is 8.47. The van der Waals surface area contributed by atoms with Crippen molar-refractivity contribution in [2.75, 3.05) is 19.6 Å². The molecule has 0 radical (unpaired) electrons. The molecule has 0 spiro atoms. The van der Waals surface area contributed by atoms with Crippen molar-refractivity contribution < 1.29 is 41.6 Å². The Hall–Kier alpha value is -3.32. The Morgan fingerprint density at radius 2 is 2.00 bits per heavy atom. The van der Waals surface area contributed by atoms with Crippen molar-refractivity contribution in [3.63, 3.8) is 0 Å². The van der Waals surface area contributed by atoms with E-state index in [4.69, 9.17) is 4.74 Å². The Morgan fingerprint density at radius 1 is 1.32 bits per heavy atom. The number of hydrazine groups is 1. The van der Waals surface area contributed by atoms with Crippen molar-refractivity contribution in [1.29, 1.82) is 0 Å². The van der Waals surface area contributed by atoms with Crippen LogP contribution in [0.2, 0.25) is 0 Å². The summed E-state index contributed by atoms with van der Waals surface area (Å²) in [7, 11) is 0. The predicted molar refractivity (Wildman–Crippen MR) is 96.0 cm³/mol. The van der Waals surface area contributed by atoms with E-state index in [1.54, 1.807) is 20.8 Å². The number of rotatable bonds is 5. The van der Waals surface area contributed by atoms with Crippen LogP contribution in [0.5, 0.6) is 0 Å². The second-order valence-electron chi connectivity index (χ2n) is 7.66. The summed E-state index contributed by atoms with van der Waals surface area (Å²) in [6.07, 6.45) is -5.29. The molecule has 0 saturated carbocycles. The van der Waals surface area contributed by atoms with E-state index in [2.05, 4.69) is 25.7 Å². The number of halogens is 3. The van der Waals surface area contributed by atoms with Gasteiger partial charge in [-0.2, -0.15) is 13.2 Å². The van der Waals surface area contributed by atoms with Crippen molar-refractivity contribution in [3.8, 4) is 0 Å². The van der Waals surface area contributed by atoms with Crippen molar-refractivity contribution in [3.05, 3.63) is 17.5 Å². The number of ether oxygens (including phenoxy) is 1. The smallest absolute Gasteiger partial charge is 0.442 e. The molecule has 0 aromatic carbocycles. The third-order valence-electron chi connectivity index (χ3n) is 3.87. The zero-order chi connectivity index (χ0) is 23.4. The summed E-state index contributed by atoms with van der Waals surface area (Å²) in [6, 6.07) is 0.388. The van der Waals surface area contributed by atoms with Crippen LogP contribution < -0.4 is 16.1 Å². The van der Waals surface area contributed by atoms with E-state index in [9.17, 15) is 32.3 Å². The number of nitrogens with one attached hydrogen (secondary N) is 3. The SMILES string of the molecule is CC(C)(C)OC(=O)N(C[C@@H]1CCNC1=O)NC(=O)CNC(=O)c1cc(C(F)(F)F)on1. The minimum atomic E-state index is -4.82. The maximum atomic E-state index is 12.5. The Morgan fingerprint density at radius 3 is 2.52 bits per heavy atom. The van der Waals surface area contributed by atoms with Crippen LogP contribution in [0.15, 0.2) is 10.6 Å². The normalized spacial score (nSPS) is 16.5. The predicted octanol–water partition coefficient (Wildman–Crippen LogP) is 0.828. The Balaban J connectivity index is 1.97. The summed E-state index contributed by atoms with van der Waals surface area (Å²) < 4.78 is 46.7. The number of carbonyl (C=O) groups excluding carboxylic acids is 4. The van der Waals surface area contributed by atoms with Crippen LogP contribution in [0.4, 0.5) is 18.0 Å². The number of alkyl halides is 3. The highest BCUT2D eigenvalue weighted by Gasteiger charge is 2.37. The van der Waals surface area contributed by atoms with E-state index in [1.165, 1.54) is 0 Å². The fourth-order valence-electron chi connectivity index (χ4n) is 2.48. The molecular weight excluding hydrogens is 427 g/mol. The molecule has 3 N–H and O–H groups in total. The molecule has 2 rings (SSSR count). The quantitative estimate of drug-likeness (QED) is 0.565. The molecule has 1 aromatic rings. The van der Waals surface area contributed by atoms with Gasteiger partial charge >= 0.3 is 12.3 Å². The van der Waals surface area contributed by atoms with Gasteiger partial charge in [-0.1, -0.05) is 5.16 Å². The maximum Gasteiger partial charge on any atom is 0.452 e. The van der Waals surface area contributed by atoms with E-state index in [-0.39, 0.29) is 12.5 Å². The molecular formula is C17H22F3N5O6. The van der Waals surface area contributed by atoms with Gasteiger partial charge < -0.3 is 19.9 Å². The zero-order valence-corrected chi connectivity index (χ0v) is 17.0. The molecule has 1 aliphatic heterocycles. The molecule has 0 aliphatic carbocycles.